The summed E-state index contributed by atoms with van der Waals surface area (Å²) in [7, 11) is 0. The lowest BCUT2D eigenvalue weighted by molar-refractivity contribution is -0.139. The van der Waals surface area contributed by atoms with Crippen molar-refractivity contribution in [3.05, 3.63) is 137 Å². The number of fused-ring (bicyclic) bond motifs is 1. The number of alkyl halides is 3. The summed E-state index contributed by atoms with van der Waals surface area (Å²) in [6.07, 6.45) is -2.02. The minimum atomic E-state index is -4.51. The third-order valence-electron chi connectivity index (χ3n) is 6.61. The van der Waals surface area contributed by atoms with Crippen LogP contribution >= 0.6 is 0 Å². The molecule has 0 saturated carbocycles. The highest BCUT2D eigenvalue weighted by molar-refractivity contribution is 5.86. The van der Waals surface area contributed by atoms with Crippen molar-refractivity contribution < 1.29 is 32.5 Å². The number of pyridine rings is 1. The molecule has 0 radical (unpaired) electrons. The maximum Gasteiger partial charge on any atom is 0.418 e. The third kappa shape index (κ3) is 7.03. The summed E-state index contributed by atoms with van der Waals surface area (Å²) >= 11 is 0. The van der Waals surface area contributed by atoms with Crippen LogP contribution in [0.1, 0.15) is 33.4 Å². The van der Waals surface area contributed by atoms with Crippen LogP contribution < -0.4 is 9.47 Å². The number of aromatic nitrogens is 1. The lowest BCUT2D eigenvalue weighted by atomic mass is 9.92. The molecule has 1 aromatic heterocycles. The highest BCUT2D eigenvalue weighted by Gasteiger charge is 2.33. The van der Waals surface area contributed by atoms with Crippen molar-refractivity contribution in [1.82, 2.24) is 4.98 Å². The number of hydrogen-bond donors (Lipinski definition) is 1. The van der Waals surface area contributed by atoms with E-state index in [-0.39, 0.29) is 12.1 Å². The molecule has 0 fully saturated rings. The van der Waals surface area contributed by atoms with Gasteiger partial charge in [0, 0.05) is 11.6 Å². The molecule has 0 spiro atoms. The topological polar surface area (TPSA) is 68.7 Å². The Balaban J connectivity index is 1.41. The largest absolute Gasteiger partial charge is 0.489 e. The number of ether oxygens (including phenoxy) is 2. The van der Waals surface area contributed by atoms with E-state index in [9.17, 15) is 18.0 Å². The smallest absolute Gasteiger partial charge is 0.418 e. The van der Waals surface area contributed by atoms with E-state index in [2.05, 4.69) is 4.98 Å². The minimum absolute atomic E-state index is 0.0602. The van der Waals surface area contributed by atoms with E-state index in [0.29, 0.717) is 29.7 Å². The van der Waals surface area contributed by atoms with Gasteiger partial charge in [0.05, 0.1) is 11.1 Å². The SMILES string of the molecule is O=C(O)COc1ccc(COc2cccc(Cc3c(Cc4ccccc4)cnc4c(C(F)(F)F)cccc34)c2)cc1. The standard InChI is InChI=1S/C33H26F3NO4/c34-33(35,36)30-11-5-10-28-29(25(19-37-32(28)30)16-22-6-2-1-3-7-22)18-24-8-4-9-27(17-24)40-20-23-12-14-26(15-13-23)41-21-31(38)39/h1-15,17,19H,16,18,20-21H2,(H,38,39). The lowest BCUT2D eigenvalue weighted by Crippen LogP contribution is -2.09. The van der Waals surface area contributed by atoms with Gasteiger partial charge in [-0.3, -0.25) is 4.98 Å². The summed E-state index contributed by atoms with van der Waals surface area (Å²) in [6, 6.07) is 28.4. The molecule has 8 heteroatoms. The van der Waals surface area contributed by atoms with Crippen LogP contribution in [0, 0.1) is 0 Å². The average molecular weight is 558 g/mol. The number of benzene rings is 4. The van der Waals surface area contributed by atoms with Crippen LogP contribution in [0.5, 0.6) is 11.5 Å². The maximum atomic E-state index is 13.8. The molecular formula is C33H26F3NO4. The molecule has 1 heterocycles. The highest BCUT2D eigenvalue weighted by atomic mass is 19.4. The number of para-hydroxylation sites is 1. The molecule has 4 aromatic carbocycles. The highest BCUT2D eigenvalue weighted by Crippen LogP contribution is 2.36. The number of aliphatic carboxylic acids is 1. The Labute approximate surface area is 234 Å². The molecule has 1 N–H and O–H groups in total. The zero-order chi connectivity index (χ0) is 28.8. The summed E-state index contributed by atoms with van der Waals surface area (Å²) < 4.78 is 52.6. The molecule has 0 atom stereocenters. The predicted octanol–water partition coefficient (Wildman–Crippen LogP) is 7.48. The van der Waals surface area contributed by atoms with E-state index >= 15 is 0 Å². The molecule has 208 valence electrons. The first-order valence-corrected chi connectivity index (χ1v) is 12.9. The number of halogens is 3. The van der Waals surface area contributed by atoms with Crippen molar-refractivity contribution in [1.29, 1.82) is 0 Å². The molecule has 0 bridgehead atoms. The van der Waals surface area contributed by atoms with Gasteiger partial charge in [-0.2, -0.15) is 13.2 Å². The van der Waals surface area contributed by atoms with Gasteiger partial charge in [-0.25, -0.2) is 4.79 Å². The normalized spacial score (nSPS) is 11.4. The van der Waals surface area contributed by atoms with E-state index in [1.54, 1.807) is 36.5 Å². The Morgan fingerprint density at radius 1 is 0.756 bits per heavy atom. The third-order valence-corrected chi connectivity index (χ3v) is 6.61. The van der Waals surface area contributed by atoms with E-state index in [0.717, 1.165) is 33.9 Å². The molecule has 5 aromatic rings. The first kappa shape index (κ1) is 27.7. The Morgan fingerprint density at radius 2 is 1.49 bits per heavy atom. The quantitative estimate of drug-likeness (QED) is 0.193. The van der Waals surface area contributed by atoms with Crippen molar-refractivity contribution in [3.63, 3.8) is 0 Å². The van der Waals surface area contributed by atoms with Crippen molar-refractivity contribution in [2.24, 2.45) is 0 Å². The monoisotopic (exact) mass is 557 g/mol. The van der Waals surface area contributed by atoms with E-state index in [1.807, 2.05) is 54.6 Å². The zero-order valence-corrected chi connectivity index (χ0v) is 21.9. The van der Waals surface area contributed by atoms with E-state index < -0.39 is 24.3 Å². The molecule has 5 rings (SSSR count). The fourth-order valence-electron chi connectivity index (χ4n) is 4.67. The predicted molar refractivity (Wildman–Crippen MR) is 149 cm³/mol. The molecule has 0 aliphatic rings. The summed E-state index contributed by atoms with van der Waals surface area (Å²) in [4.78, 5) is 14.9. The van der Waals surface area contributed by atoms with Crippen LogP contribution in [0.25, 0.3) is 10.9 Å². The van der Waals surface area contributed by atoms with E-state index in [1.165, 1.54) is 6.07 Å². The summed E-state index contributed by atoms with van der Waals surface area (Å²) in [6.45, 7) is -0.144. The van der Waals surface area contributed by atoms with Gasteiger partial charge in [0.25, 0.3) is 0 Å². The second-order valence-electron chi connectivity index (χ2n) is 9.56. The van der Waals surface area contributed by atoms with Gasteiger partial charge in [0.1, 0.15) is 18.1 Å². The first-order chi connectivity index (χ1) is 19.8. The van der Waals surface area contributed by atoms with Gasteiger partial charge in [0.15, 0.2) is 6.61 Å². The number of carbonyl (C=O) groups is 1. The Bertz CT molecular complexity index is 1650. The lowest BCUT2D eigenvalue weighted by Gasteiger charge is -2.17. The molecule has 0 amide bonds. The second kappa shape index (κ2) is 12.1. The van der Waals surface area contributed by atoms with Crippen LogP contribution in [-0.2, 0) is 30.4 Å². The molecule has 41 heavy (non-hydrogen) atoms. The maximum absolute atomic E-state index is 13.8. The van der Waals surface area contributed by atoms with Crippen LogP contribution in [0.3, 0.4) is 0 Å². The Kier molecular flexibility index (Phi) is 8.19. The molecule has 0 aliphatic carbocycles. The second-order valence-corrected chi connectivity index (χ2v) is 9.56. The fourth-order valence-corrected chi connectivity index (χ4v) is 4.67. The Hall–Kier alpha value is -4.85. The van der Waals surface area contributed by atoms with Gasteiger partial charge in [0.2, 0.25) is 0 Å². The number of nitrogens with zero attached hydrogens (tertiary/aromatic N) is 1. The van der Waals surface area contributed by atoms with Gasteiger partial charge in [-0.05, 0) is 71.0 Å². The van der Waals surface area contributed by atoms with Gasteiger partial charge >= 0.3 is 12.1 Å². The van der Waals surface area contributed by atoms with Crippen molar-refractivity contribution in [2.75, 3.05) is 6.61 Å². The molecular weight excluding hydrogens is 531 g/mol. The number of rotatable bonds is 10. The minimum Gasteiger partial charge on any atom is -0.489 e. The van der Waals surface area contributed by atoms with Crippen LogP contribution in [-0.4, -0.2) is 22.7 Å². The fraction of sp³-hybridized carbons (Fsp3) is 0.152. The molecule has 0 aliphatic heterocycles. The number of hydrogen-bond acceptors (Lipinski definition) is 4. The zero-order valence-electron chi connectivity index (χ0n) is 21.9. The van der Waals surface area contributed by atoms with Gasteiger partial charge in [-0.1, -0.05) is 66.7 Å². The number of carboxylic acids is 1. The van der Waals surface area contributed by atoms with Crippen LogP contribution in [0.2, 0.25) is 0 Å². The summed E-state index contributed by atoms with van der Waals surface area (Å²) in [5, 5.41) is 9.22. The number of carboxylic acid groups (broad SMARTS) is 1. The van der Waals surface area contributed by atoms with Gasteiger partial charge in [-0.15, -0.1) is 0 Å². The van der Waals surface area contributed by atoms with Crippen molar-refractivity contribution >= 4 is 16.9 Å². The summed E-state index contributed by atoms with van der Waals surface area (Å²) in [5.41, 5.74) is 3.63. The van der Waals surface area contributed by atoms with Crippen LogP contribution in [0.4, 0.5) is 13.2 Å². The Morgan fingerprint density at radius 3 is 2.22 bits per heavy atom. The molecule has 0 unspecified atom stereocenters. The molecule has 0 saturated heterocycles. The average Bonchev–Trinajstić information content (AvgIpc) is 2.96. The summed E-state index contributed by atoms with van der Waals surface area (Å²) in [5.74, 6) is 0.0143. The molecule has 5 nitrogen and oxygen atoms in total. The first-order valence-electron chi connectivity index (χ1n) is 12.9. The van der Waals surface area contributed by atoms with Crippen molar-refractivity contribution in [3.8, 4) is 11.5 Å². The van der Waals surface area contributed by atoms with Crippen molar-refractivity contribution in [2.45, 2.75) is 25.6 Å². The van der Waals surface area contributed by atoms with E-state index in [4.69, 9.17) is 14.6 Å². The van der Waals surface area contributed by atoms with Gasteiger partial charge < -0.3 is 14.6 Å². The van der Waals surface area contributed by atoms with Crippen LogP contribution in [0.15, 0.2) is 103 Å².